The highest BCUT2D eigenvalue weighted by molar-refractivity contribution is 7.90. The van der Waals surface area contributed by atoms with Gasteiger partial charge in [-0.2, -0.15) is 0 Å². The molecular weight excluding hydrogens is 246 g/mol. The summed E-state index contributed by atoms with van der Waals surface area (Å²) in [5.41, 5.74) is -0.0238. The van der Waals surface area contributed by atoms with Gasteiger partial charge in [-0.3, -0.25) is 4.79 Å². The fourth-order valence-corrected chi connectivity index (χ4v) is 2.22. The first kappa shape index (κ1) is 13.2. The molecule has 92 valence electrons. The Hall–Kier alpha value is -1.89. The number of rotatable bonds is 4. The fourth-order valence-electron chi connectivity index (χ4n) is 1.15. The highest BCUT2D eigenvalue weighted by Crippen LogP contribution is 2.13. The van der Waals surface area contributed by atoms with Crippen LogP contribution in [0.15, 0.2) is 29.2 Å². The highest BCUT2D eigenvalue weighted by Gasteiger charge is 2.21. The summed E-state index contributed by atoms with van der Waals surface area (Å²) in [6.45, 7) is 1.60. The van der Waals surface area contributed by atoms with Gasteiger partial charge in [-0.05, 0) is 13.0 Å². The molecule has 0 aliphatic carbocycles. The minimum Gasteiger partial charge on any atom is -0.449 e. The third-order valence-corrected chi connectivity index (χ3v) is 3.21. The fraction of sp³-hybridized carbons (Fsp3) is 0.200. The quantitative estimate of drug-likeness (QED) is 0.810. The molecule has 0 bridgehead atoms. The van der Waals surface area contributed by atoms with Crippen molar-refractivity contribution in [2.24, 2.45) is 0 Å². The van der Waals surface area contributed by atoms with E-state index in [0.717, 1.165) is 0 Å². The zero-order chi connectivity index (χ0) is 12.9. The van der Waals surface area contributed by atoms with Gasteiger partial charge in [0.1, 0.15) is 0 Å². The predicted molar refractivity (Wildman–Crippen MR) is 59.2 cm³/mol. The average molecular weight is 257 g/mol. The minimum atomic E-state index is -4.08. The zero-order valence-electron chi connectivity index (χ0n) is 9.04. The lowest BCUT2D eigenvalue weighted by Gasteiger charge is -2.08. The summed E-state index contributed by atoms with van der Waals surface area (Å²) < 4.78 is 29.6. The number of amides is 1. The molecule has 17 heavy (non-hydrogen) atoms. The van der Waals surface area contributed by atoms with Gasteiger partial charge in [0.2, 0.25) is 0 Å². The molecule has 1 rings (SSSR count). The number of hydrogen-bond acceptors (Lipinski definition) is 5. The van der Waals surface area contributed by atoms with E-state index in [2.05, 4.69) is 4.74 Å². The van der Waals surface area contributed by atoms with E-state index < -0.39 is 16.1 Å². The molecule has 0 fully saturated rings. The summed E-state index contributed by atoms with van der Waals surface area (Å²) in [7, 11) is -4.08. The average Bonchev–Trinajstić information content (AvgIpc) is 2.28. The molecule has 7 heteroatoms. The summed E-state index contributed by atoms with van der Waals surface area (Å²) >= 11 is 0. The van der Waals surface area contributed by atoms with Gasteiger partial charge in [0.15, 0.2) is 6.29 Å². The van der Waals surface area contributed by atoms with Gasteiger partial charge in [0, 0.05) is 5.56 Å². The van der Waals surface area contributed by atoms with Crippen LogP contribution in [0.2, 0.25) is 0 Å². The number of nitrogens with one attached hydrogen (secondary N) is 1. The van der Waals surface area contributed by atoms with Crippen LogP contribution in [-0.2, 0) is 14.8 Å². The summed E-state index contributed by atoms with van der Waals surface area (Å²) in [6, 6.07) is 5.54. The van der Waals surface area contributed by atoms with Gasteiger partial charge in [0.25, 0.3) is 10.0 Å². The third kappa shape index (κ3) is 3.28. The maximum absolute atomic E-state index is 11.7. The number of carbonyl (C=O) groups is 2. The number of carbonyl (C=O) groups excluding carboxylic acids is 2. The minimum absolute atomic E-state index is 0.0238. The van der Waals surface area contributed by atoms with Crippen molar-refractivity contribution >= 4 is 22.4 Å². The predicted octanol–water partition coefficient (Wildman–Crippen LogP) is 0.934. The molecule has 0 heterocycles. The summed E-state index contributed by atoms with van der Waals surface area (Å²) in [6.07, 6.45) is -0.673. The van der Waals surface area contributed by atoms with E-state index in [-0.39, 0.29) is 17.1 Å². The normalized spacial score (nSPS) is 10.6. The van der Waals surface area contributed by atoms with E-state index in [4.69, 9.17) is 0 Å². The zero-order valence-corrected chi connectivity index (χ0v) is 9.86. The van der Waals surface area contributed by atoms with E-state index in [1.54, 1.807) is 11.6 Å². The van der Waals surface area contributed by atoms with Crippen LogP contribution in [0.5, 0.6) is 0 Å². The van der Waals surface area contributed by atoms with Gasteiger partial charge < -0.3 is 4.74 Å². The lowest BCUT2D eigenvalue weighted by molar-refractivity contribution is 0.112. The van der Waals surface area contributed by atoms with Crippen molar-refractivity contribution in [2.75, 3.05) is 6.61 Å². The Morgan fingerprint density at radius 3 is 2.65 bits per heavy atom. The largest absolute Gasteiger partial charge is 0.449 e. The van der Waals surface area contributed by atoms with Crippen molar-refractivity contribution in [2.45, 2.75) is 11.8 Å². The van der Waals surface area contributed by atoms with Gasteiger partial charge in [-0.15, -0.1) is 0 Å². The van der Waals surface area contributed by atoms with Crippen LogP contribution in [0.25, 0.3) is 0 Å². The van der Waals surface area contributed by atoms with E-state index in [0.29, 0.717) is 6.29 Å². The highest BCUT2D eigenvalue weighted by atomic mass is 32.2. The first-order valence-corrected chi connectivity index (χ1v) is 6.23. The monoisotopic (exact) mass is 257 g/mol. The molecule has 0 unspecified atom stereocenters. The number of aldehydes is 1. The molecular formula is C10H11NO5S. The van der Waals surface area contributed by atoms with Crippen LogP contribution in [0.4, 0.5) is 4.79 Å². The topological polar surface area (TPSA) is 89.5 Å². The maximum Gasteiger partial charge on any atom is 0.421 e. The van der Waals surface area contributed by atoms with Crippen molar-refractivity contribution in [3.8, 4) is 0 Å². The van der Waals surface area contributed by atoms with Crippen LogP contribution in [-0.4, -0.2) is 27.4 Å². The number of benzene rings is 1. The van der Waals surface area contributed by atoms with Gasteiger partial charge in [0.05, 0.1) is 11.5 Å². The Bertz CT molecular complexity index is 523. The second kappa shape index (κ2) is 5.44. The Kier molecular flexibility index (Phi) is 4.22. The number of ether oxygens (including phenoxy) is 1. The van der Waals surface area contributed by atoms with Crippen molar-refractivity contribution in [1.29, 1.82) is 0 Å². The van der Waals surface area contributed by atoms with E-state index >= 15 is 0 Å². The SMILES string of the molecule is CCOC(=O)NS(=O)(=O)c1ccccc1C=O. The molecule has 0 spiro atoms. The van der Waals surface area contributed by atoms with Crippen molar-refractivity contribution in [3.63, 3.8) is 0 Å². The lowest BCUT2D eigenvalue weighted by atomic mass is 10.2. The lowest BCUT2D eigenvalue weighted by Crippen LogP contribution is -2.31. The van der Waals surface area contributed by atoms with Crippen molar-refractivity contribution in [1.82, 2.24) is 4.72 Å². The van der Waals surface area contributed by atoms with E-state index in [9.17, 15) is 18.0 Å². The molecule has 0 radical (unpaired) electrons. The molecule has 0 aromatic heterocycles. The molecule has 0 atom stereocenters. The molecule has 0 aliphatic rings. The van der Waals surface area contributed by atoms with Crippen molar-refractivity contribution < 1.29 is 22.7 Å². The first-order chi connectivity index (χ1) is 8.01. The van der Waals surface area contributed by atoms with Crippen LogP contribution in [0, 0.1) is 0 Å². The second-order valence-electron chi connectivity index (χ2n) is 2.98. The first-order valence-electron chi connectivity index (χ1n) is 4.75. The molecule has 0 saturated carbocycles. The van der Waals surface area contributed by atoms with Crippen LogP contribution < -0.4 is 4.72 Å². The Morgan fingerprint density at radius 1 is 1.41 bits per heavy atom. The molecule has 1 aromatic rings. The molecule has 0 saturated heterocycles. The summed E-state index contributed by atoms with van der Waals surface area (Å²) in [5.74, 6) is 0. The van der Waals surface area contributed by atoms with Gasteiger partial charge in [-0.1, -0.05) is 18.2 Å². The van der Waals surface area contributed by atoms with E-state index in [1.807, 2.05) is 0 Å². The smallest absolute Gasteiger partial charge is 0.421 e. The summed E-state index contributed by atoms with van der Waals surface area (Å²) in [5, 5.41) is 0. The Labute approximate surface area is 98.6 Å². The van der Waals surface area contributed by atoms with Crippen LogP contribution in [0.1, 0.15) is 17.3 Å². The third-order valence-electron chi connectivity index (χ3n) is 1.83. The molecule has 1 amide bonds. The molecule has 6 nitrogen and oxygen atoms in total. The van der Waals surface area contributed by atoms with Crippen LogP contribution >= 0.6 is 0 Å². The molecule has 1 N–H and O–H groups in total. The molecule has 1 aromatic carbocycles. The van der Waals surface area contributed by atoms with E-state index in [1.165, 1.54) is 24.3 Å². The second-order valence-corrected chi connectivity index (χ2v) is 4.63. The maximum atomic E-state index is 11.7. The van der Waals surface area contributed by atoms with Crippen molar-refractivity contribution in [3.05, 3.63) is 29.8 Å². The standard InChI is InChI=1S/C10H11NO5S/c1-2-16-10(13)11-17(14,15)9-6-4-3-5-8(9)7-12/h3-7H,2H2,1H3,(H,11,13). The van der Waals surface area contributed by atoms with Crippen LogP contribution in [0.3, 0.4) is 0 Å². The molecule has 0 aliphatic heterocycles. The number of hydrogen-bond donors (Lipinski definition) is 1. The Morgan fingerprint density at radius 2 is 2.06 bits per heavy atom. The number of sulfonamides is 1. The van der Waals surface area contributed by atoms with Gasteiger partial charge in [-0.25, -0.2) is 17.9 Å². The summed E-state index contributed by atoms with van der Waals surface area (Å²) in [4.78, 5) is 21.4. The Balaban J connectivity index is 3.05. The van der Waals surface area contributed by atoms with Gasteiger partial charge >= 0.3 is 6.09 Å².